The van der Waals surface area contributed by atoms with Gasteiger partial charge in [0.15, 0.2) is 0 Å². The standard InChI is InChI=1S/C16H24N4O/c21-16(19-6-1-2-7-19)14-10-17-15-12-18(8-9-20(14)15)11-13-4-3-5-13/h10,13H,1-9,11-12H2. The first-order chi connectivity index (χ1) is 10.3. The molecule has 1 aromatic rings. The van der Waals surface area contributed by atoms with Crippen LogP contribution in [-0.4, -0.2) is 51.4 Å². The Morgan fingerprint density at radius 1 is 1.14 bits per heavy atom. The topological polar surface area (TPSA) is 41.4 Å². The van der Waals surface area contributed by atoms with Gasteiger partial charge in [0, 0.05) is 32.7 Å². The van der Waals surface area contributed by atoms with Crippen molar-refractivity contribution >= 4 is 5.91 Å². The molecule has 0 spiro atoms. The fraction of sp³-hybridized carbons (Fsp3) is 0.750. The summed E-state index contributed by atoms with van der Waals surface area (Å²) in [6.45, 7) is 5.91. The number of imidazole rings is 1. The zero-order valence-electron chi connectivity index (χ0n) is 12.6. The maximum atomic E-state index is 12.5. The molecule has 2 aliphatic heterocycles. The van der Waals surface area contributed by atoms with Gasteiger partial charge in [0.05, 0.1) is 12.7 Å². The summed E-state index contributed by atoms with van der Waals surface area (Å²) >= 11 is 0. The van der Waals surface area contributed by atoms with Gasteiger partial charge in [-0.1, -0.05) is 6.42 Å². The normalized spacial score (nSPS) is 23.1. The van der Waals surface area contributed by atoms with Crippen LogP contribution in [-0.2, 0) is 13.1 Å². The quantitative estimate of drug-likeness (QED) is 0.850. The molecule has 0 atom stereocenters. The molecule has 21 heavy (non-hydrogen) atoms. The molecule has 1 aromatic heterocycles. The number of hydrogen-bond donors (Lipinski definition) is 0. The van der Waals surface area contributed by atoms with E-state index in [-0.39, 0.29) is 5.91 Å². The summed E-state index contributed by atoms with van der Waals surface area (Å²) in [6.07, 6.45) is 8.27. The molecule has 2 fully saturated rings. The Bertz CT molecular complexity index is 528. The Labute approximate surface area is 125 Å². The van der Waals surface area contributed by atoms with E-state index < -0.39 is 0 Å². The second-order valence-corrected chi connectivity index (χ2v) is 6.74. The second kappa shape index (κ2) is 5.44. The first kappa shape index (κ1) is 13.3. The number of carbonyl (C=O) groups is 1. The average Bonchev–Trinajstić information content (AvgIpc) is 3.11. The van der Waals surface area contributed by atoms with Crippen molar-refractivity contribution in [3.05, 3.63) is 17.7 Å². The molecule has 5 heteroatoms. The van der Waals surface area contributed by atoms with Gasteiger partial charge in [-0.2, -0.15) is 0 Å². The van der Waals surface area contributed by atoms with Gasteiger partial charge in [-0.15, -0.1) is 0 Å². The molecule has 0 unspecified atom stereocenters. The van der Waals surface area contributed by atoms with E-state index in [1.807, 2.05) is 4.90 Å². The molecule has 1 amide bonds. The average molecular weight is 288 g/mol. The van der Waals surface area contributed by atoms with Crippen LogP contribution in [0.1, 0.15) is 48.4 Å². The summed E-state index contributed by atoms with van der Waals surface area (Å²) < 4.78 is 2.15. The third-order valence-electron chi connectivity index (χ3n) is 5.30. The summed E-state index contributed by atoms with van der Waals surface area (Å²) in [7, 11) is 0. The summed E-state index contributed by atoms with van der Waals surface area (Å²) in [4.78, 5) is 21.6. The number of likely N-dealkylation sites (tertiary alicyclic amines) is 1. The molecule has 1 aliphatic carbocycles. The van der Waals surface area contributed by atoms with Crippen molar-refractivity contribution in [1.82, 2.24) is 19.4 Å². The molecule has 5 nitrogen and oxygen atoms in total. The zero-order chi connectivity index (χ0) is 14.2. The summed E-state index contributed by atoms with van der Waals surface area (Å²) in [6, 6.07) is 0. The van der Waals surface area contributed by atoms with Crippen molar-refractivity contribution in [1.29, 1.82) is 0 Å². The molecule has 1 saturated carbocycles. The predicted octanol–water partition coefficient (Wildman–Crippen LogP) is 1.73. The van der Waals surface area contributed by atoms with Gasteiger partial charge in [-0.3, -0.25) is 9.69 Å². The molecule has 0 aromatic carbocycles. The lowest BCUT2D eigenvalue weighted by molar-refractivity contribution is 0.0775. The Balaban J connectivity index is 1.46. The fourth-order valence-electron chi connectivity index (χ4n) is 3.76. The summed E-state index contributed by atoms with van der Waals surface area (Å²) in [5.41, 5.74) is 0.801. The molecule has 0 N–H and O–H groups in total. The van der Waals surface area contributed by atoms with E-state index in [0.717, 1.165) is 63.0 Å². The highest BCUT2D eigenvalue weighted by Crippen LogP contribution is 2.28. The highest BCUT2D eigenvalue weighted by molar-refractivity contribution is 5.92. The number of aromatic nitrogens is 2. The lowest BCUT2D eigenvalue weighted by Crippen LogP contribution is -2.40. The second-order valence-electron chi connectivity index (χ2n) is 6.74. The van der Waals surface area contributed by atoms with Gasteiger partial charge < -0.3 is 9.47 Å². The summed E-state index contributed by atoms with van der Waals surface area (Å²) in [5, 5.41) is 0. The van der Waals surface area contributed by atoms with Crippen LogP contribution in [0.3, 0.4) is 0 Å². The van der Waals surface area contributed by atoms with E-state index in [4.69, 9.17) is 0 Å². The smallest absolute Gasteiger partial charge is 0.272 e. The third kappa shape index (κ3) is 2.48. The number of amides is 1. The van der Waals surface area contributed by atoms with Gasteiger partial charge in [-0.05, 0) is 31.6 Å². The van der Waals surface area contributed by atoms with Crippen LogP contribution in [0.5, 0.6) is 0 Å². The van der Waals surface area contributed by atoms with Gasteiger partial charge in [0.1, 0.15) is 11.5 Å². The monoisotopic (exact) mass is 288 g/mol. The summed E-state index contributed by atoms with van der Waals surface area (Å²) in [5.74, 6) is 2.15. The fourth-order valence-corrected chi connectivity index (χ4v) is 3.76. The number of nitrogens with zero attached hydrogens (tertiary/aromatic N) is 4. The molecule has 0 radical (unpaired) electrons. The van der Waals surface area contributed by atoms with Crippen LogP contribution in [0.25, 0.3) is 0 Å². The van der Waals surface area contributed by atoms with Crippen molar-refractivity contribution < 1.29 is 4.79 Å². The third-order valence-corrected chi connectivity index (χ3v) is 5.30. The first-order valence-electron chi connectivity index (χ1n) is 8.37. The molecule has 114 valence electrons. The minimum Gasteiger partial charge on any atom is -0.337 e. The lowest BCUT2D eigenvalue weighted by Gasteiger charge is -2.35. The minimum absolute atomic E-state index is 0.179. The van der Waals surface area contributed by atoms with E-state index in [9.17, 15) is 4.79 Å². The molecule has 4 rings (SSSR count). The van der Waals surface area contributed by atoms with Crippen molar-refractivity contribution in [2.45, 2.75) is 45.2 Å². The molecule has 3 heterocycles. The first-order valence-corrected chi connectivity index (χ1v) is 8.37. The van der Waals surface area contributed by atoms with Gasteiger partial charge in [0.25, 0.3) is 5.91 Å². The van der Waals surface area contributed by atoms with Crippen LogP contribution in [0, 0.1) is 5.92 Å². The highest BCUT2D eigenvalue weighted by Gasteiger charge is 2.28. The van der Waals surface area contributed by atoms with Crippen molar-refractivity contribution in [2.24, 2.45) is 5.92 Å². The number of hydrogen-bond acceptors (Lipinski definition) is 3. The van der Waals surface area contributed by atoms with Gasteiger partial charge in [-0.25, -0.2) is 4.98 Å². The van der Waals surface area contributed by atoms with Crippen LogP contribution in [0.4, 0.5) is 0 Å². The maximum Gasteiger partial charge on any atom is 0.272 e. The van der Waals surface area contributed by atoms with E-state index in [0.29, 0.717) is 0 Å². The van der Waals surface area contributed by atoms with E-state index in [1.54, 1.807) is 6.20 Å². The zero-order valence-corrected chi connectivity index (χ0v) is 12.6. The van der Waals surface area contributed by atoms with Crippen LogP contribution < -0.4 is 0 Å². The van der Waals surface area contributed by atoms with E-state index >= 15 is 0 Å². The van der Waals surface area contributed by atoms with Crippen molar-refractivity contribution in [2.75, 3.05) is 26.2 Å². The molecule has 3 aliphatic rings. The Kier molecular flexibility index (Phi) is 3.45. The Morgan fingerprint density at radius 3 is 2.67 bits per heavy atom. The largest absolute Gasteiger partial charge is 0.337 e. The lowest BCUT2D eigenvalue weighted by atomic mass is 9.85. The highest BCUT2D eigenvalue weighted by atomic mass is 16.2. The molecule has 0 bridgehead atoms. The predicted molar refractivity (Wildman–Crippen MR) is 80.0 cm³/mol. The van der Waals surface area contributed by atoms with Crippen LogP contribution in [0.2, 0.25) is 0 Å². The Morgan fingerprint density at radius 2 is 1.95 bits per heavy atom. The minimum atomic E-state index is 0.179. The number of fused-ring (bicyclic) bond motifs is 1. The maximum absolute atomic E-state index is 12.5. The van der Waals surface area contributed by atoms with Crippen LogP contribution in [0.15, 0.2) is 6.20 Å². The van der Waals surface area contributed by atoms with Gasteiger partial charge >= 0.3 is 0 Å². The van der Waals surface area contributed by atoms with Crippen LogP contribution >= 0.6 is 0 Å². The number of carbonyl (C=O) groups excluding carboxylic acids is 1. The molecule has 1 saturated heterocycles. The Hall–Kier alpha value is -1.36. The van der Waals surface area contributed by atoms with Crippen molar-refractivity contribution in [3.8, 4) is 0 Å². The number of rotatable bonds is 3. The van der Waals surface area contributed by atoms with Gasteiger partial charge in [0.2, 0.25) is 0 Å². The SMILES string of the molecule is O=C(c1cnc2n1CCN(CC1CCC1)C2)N1CCCC1. The van der Waals surface area contributed by atoms with E-state index in [2.05, 4.69) is 14.5 Å². The van der Waals surface area contributed by atoms with Crippen molar-refractivity contribution in [3.63, 3.8) is 0 Å². The molecular weight excluding hydrogens is 264 g/mol. The molecular formula is C16H24N4O. The van der Waals surface area contributed by atoms with E-state index in [1.165, 1.54) is 25.8 Å².